The summed E-state index contributed by atoms with van der Waals surface area (Å²) in [6, 6.07) is 28.1. The summed E-state index contributed by atoms with van der Waals surface area (Å²) in [5.41, 5.74) is 4.20. The van der Waals surface area contributed by atoms with Gasteiger partial charge in [0.1, 0.15) is 0 Å². The molecule has 4 aromatic carbocycles. The zero-order chi connectivity index (χ0) is 18.6. The Kier molecular flexibility index (Phi) is 8.89. The van der Waals surface area contributed by atoms with E-state index in [1.807, 2.05) is 6.07 Å². The minimum Gasteiger partial charge on any atom is -1.00 e. The molecule has 0 spiro atoms. The molecule has 0 radical (unpaired) electrons. The van der Waals surface area contributed by atoms with Crippen molar-refractivity contribution in [1.82, 2.24) is 0 Å². The molecule has 0 atom stereocenters. The molecule has 144 valence electrons. The third-order valence-electron chi connectivity index (χ3n) is 4.98. The second-order valence-electron chi connectivity index (χ2n) is 6.81. The van der Waals surface area contributed by atoms with Crippen LogP contribution in [0.1, 0.15) is 24.5 Å². The van der Waals surface area contributed by atoms with Crippen molar-refractivity contribution in [2.45, 2.75) is 13.3 Å². The second kappa shape index (κ2) is 10.9. The predicted octanol–water partition coefficient (Wildman–Crippen LogP) is 0.837. The van der Waals surface area contributed by atoms with Crippen molar-refractivity contribution in [3.8, 4) is 0 Å². The summed E-state index contributed by atoms with van der Waals surface area (Å²) in [7, 11) is 0. The van der Waals surface area contributed by atoms with Crippen molar-refractivity contribution >= 4 is 30.4 Å². The van der Waals surface area contributed by atoms with Gasteiger partial charge in [-0.3, -0.25) is 0 Å². The van der Waals surface area contributed by atoms with Crippen molar-refractivity contribution in [2.24, 2.45) is 0 Å². The van der Waals surface area contributed by atoms with E-state index in [1.54, 1.807) is 0 Å². The van der Waals surface area contributed by atoms with Gasteiger partial charge in [-0.05, 0) is 6.42 Å². The first-order chi connectivity index (χ1) is 13.2. The minimum atomic E-state index is 0. The molecule has 1 aliphatic carbocycles. The van der Waals surface area contributed by atoms with Crippen LogP contribution < -0.4 is 24.8 Å². The van der Waals surface area contributed by atoms with E-state index in [1.165, 1.54) is 65.4 Å². The van der Waals surface area contributed by atoms with Crippen LogP contribution in [0.25, 0.3) is 27.1 Å². The molecule has 0 N–H and O–H groups in total. The molecule has 3 heteroatoms. The third-order valence-corrected chi connectivity index (χ3v) is 6.02. The van der Waals surface area contributed by atoms with Gasteiger partial charge in [0, 0.05) is 0 Å². The largest absolute Gasteiger partial charge is 1.00 e. The summed E-state index contributed by atoms with van der Waals surface area (Å²) >= 11 is 1.17. The Balaban J connectivity index is 0.000000236. The molecule has 0 fully saturated rings. The van der Waals surface area contributed by atoms with E-state index in [0.29, 0.717) is 0 Å². The number of halogens is 2. The fraction of sp³-hybridized carbons (Fsp3) is 0.0769. The molecule has 0 heterocycles. The van der Waals surface area contributed by atoms with Gasteiger partial charge in [0.15, 0.2) is 0 Å². The molecule has 0 amide bonds. The maximum Gasteiger partial charge on any atom is -1.00 e. The number of fused-ring (bicyclic) bond motifs is 3. The number of allylic oxidation sites excluding steroid dienone is 4. The summed E-state index contributed by atoms with van der Waals surface area (Å²) in [5.74, 6) is 0. The first kappa shape index (κ1) is 23.6. The first-order valence-electron chi connectivity index (χ1n) is 9.28. The molecule has 1 aliphatic rings. The zero-order valence-electron chi connectivity index (χ0n) is 16.2. The Morgan fingerprint density at radius 1 is 0.828 bits per heavy atom. The van der Waals surface area contributed by atoms with Crippen molar-refractivity contribution in [1.29, 1.82) is 0 Å². The summed E-state index contributed by atoms with van der Waals surface area (Å²) in [5, 5.41) is 5.46. The Morgan fingerprint density at radius 3 is 2.17 bits per heavy atom. The topological polar surface area (TPSA) is 0 Å². The molecule has 0 nitrogen and oxygen atoms in total. The van der Waals surface area contributed by atoms with E-state index in [4.69, 9.17) is 0 Å². The van der Waals surface area contributed by atoms with Crippen LogP contribution in [0.15, 0.2) is 97.1 Å². The van der Waals surface area contributed by atoms with Gasteiger partial charge in [-0.1, -0.05) is 65.8 Å². The van der Waals surface area contributed by atoms with Crippen LogP contribution in [-0.2, 0) is 23.9 Å². The predicted molar refractivity (Wildman–Crippen MR) is 115 cm³/mol. The molecule has 0 aliphatic heterocycles. The van der Waals surface area contributed by atoms with E-state index in [9.17, 15) is 0 Å². The van der Waals surface area contributed by atoms with Gasteiger partial charge >= 0.3 is 70.0 Å². The molecular weight excluding hydrogens is 562 g/mol. The van der Waals surface area contributed by atoms with Crippen LogP contribution in [0.4, 0.5) is 0 Å². The molecule has 0 saturated heterocycles. The maximum atomic E-state index is 2.32. The van der Waals surface area contributed by atoms with Crippen LogP contribution in [0.5, 0.6) is 0 Å². The number of hydrogen-bond donors (Lipinski definition) is 0. The van der Waals surface area contributed by atoms with Crippen LogP contribution in [0.3, 0.4) is 0 Å². The third kappa shape index (κ3) is 5.28. The quantitative estimate of drug-likeness (QED) is 0.243. The van der Waals surface area contributed by atoms with Crippen LogP contribution in [-0.4, -0.2) is 3.26 Å². The van der Waals surface area contributed by atoms with E-state index in [-0.39, 0.29) is 24.8 Å². The second-order valence-corrected chi connectivity index (χ2v) is 9.51. The van der Waals surface area contributed by atoms with Gasteiger partial charge < -0.3 is 24.8 Å². The van der Waals surface area contributed by atoms with E-state index < -0.39 is 0 Å². The molecule has 4 aromatic rings. The molecule has 0 bridgehead atoms. The van der Waals surface area contributed by atoms with E-state index in [2.05, 4.69) is 97.9 Å². The molecule has 0 unspecified atom stereocenters. The van der Waals surface area contributed by atoms with Crippen LogP contribution >= 0.6 is 0 Å². The normalized spacial score (nSPS) is 11.9. The molecule has 0 aromatic heterocycles. The Labute approximate surface area is 199 Å². The Bertz CT molecular complexity index is 1170. The van der Waals surface area contributed by atoms with Crippen molar-refractivity contribution in [2.75, 3.05) is 0 Å². The Hall–Kier alpha value is -1.67. The van der Waals surface area contributed by atoms with E-state index in [0.717, 1.165) is 6.42 Å². The van der Waals surface area contributed by atoms with E-state index >= 15 is 0 Å². The minimum absolute atomic E-state index is 0. The molecular formula is C26H21Cl2Hf-. The van der Waals surface area contributed by atoms with Crippen molar-refractivity contribution < 1.29 is 48.7 Å². The standard InChI is InChI=1S/C18H13.C8H8.2ClH.Hf/c1-2-7-13(6-1)15-10-5-11-17-16-9-4-3-8-14(16)12-18(15)17;1-2-8-6-4-3-5-7-8;;;/h1-6,8-12H,7H2;3-7H,1H3;2*1H;/q-1;;;;+2/p-2. The average molecular weight is 583 g/mol. The maximum absolute atomic E-state index is 2.32. The molecule has 0 saturated carbocycles. The van der Waals surface area contributed by atoms with Gasteiger partial charge in [0.05, 0.1) is 0 Å². The smallest absolute Gasteiger partial charge is 1.00 e. The number of hydrogen-bond acceptors (Lipinski definition) is 0. The summed E-state index contributed by atoms with van der Waals surface area (Å²) in [6.07, 6.45) is 7.65. The molecule has 5 rings (SSSR count). The van der Waals surface area contributed by atoms with Crippen LogP contribution in [0.2, 0.25) is 0 Å². The SMILES string of the molecule is C1=CCC(c2cccc3c2[cH-]c2ccccc23)=C1.C[C](=[Hf+2])c1ccccc1.[Cl-].[Cl-]. The van der Waals surface area contributed by atoms with Gasteiger partial charge in [-0.15, -0.1) is 33.7 Å². The summed E-state index contributed by atoms with van der Waals surface area (Å²) in [6.45, 7) is 2.18. The first-order valence-corrected chi connectivity index (χ1v) is 11.1. The fourth-order valence-corrected chi connectivity index (χ4v) is 4.19. The van der Waals surface area contributed by atoms with Crippen LogP contribution in [0, 0.1) is 0 Å². The summed E-state index contributed by atoms with van der Waals surface area (Å²) in [4.78, 5) is 0. The van der Waals surface area contributed by atoms with Gasteiger partial charge in [-0.2, -0.15) is 0 Å². The van der Waals surface area contributed by atoms with Gasteiger partial charge in [-0.25, -0.2) is 0 Å². The number of rotatable bonds is 2. The monoisotopic (exact) mass is 583 g/mol. The fourth-order valence-electron chi connectivity index (χ4n) is 3.59. The van der Waals surface area contributed by atoms with Crippen molar-refractivity contribution in [3.63, 3.8) is 0 Å². The van der Waals surface area contributed by atoms with Gasteiger partial charge in [0.2, 0.25) is 0 Å². The Morgan fingerprint density at radius 2 is 1.52 bits per heavy atom. The zero-order valence-corrected chi connectivity index (χ0v) is 21.3. The average Bonchev–Trinajstić information content (AvgIpc) is 3.37. The van der Waals surface area contributed by atoms with Gasteiger partial charge in [0.25, 0.3) is 0 Å². The molecule has 29 heavy (non-hydrogen) atoms. The summed E-state index contributed by atoms with van der Waals surface area (Å²) < 4.78 is 1.51. The van der Waals surface area contributed by atoms with Crippen molar-refractivity contribution in [3.05, 3.63) is 108 Å². The number of benzene rings is 3.